The molecule has 0 aromatic carbocycles. The van der Waals surface area contributed by atoms with Crippen molar-refractivity contribution in [3.63, 3.8) is 0 Å². The lowest BCUT2D eigenvalue weighted by Crippen LogP contribution is -2.67. The van der Waals surface area contributed by atoms with Crippen molar-refractivity contribution in [2.75, 3.05) is 0 Å². The lowest BCUT2D eigenvalue weighted by atomic mass is 9.57. The minimum Gasteiger partial charge on any atom is -0.393 e. The Kier molecular flexibility index (Phi) is 3.20. The Morgan fingerprint density at radius 2 is 1.62 bits per heavy atom. The first-order valence-electron chi connectivity index (χ1n) is 7.87. The summed E-state index contributed by atoms with van der Waals surface area (Å²) in [5.74, 6) is 0.251. The molecule has 4 N–H and O–H groups in total. The van der Waals surface area contributed by atoms with Gasteiger partial charge < -0.3 is 20.4 Å². The van der Waals surface area contributed by atoms with Crippen molar-refractivity contribution < 1.29 is 20.4 Å². The van der Waals surface area contributed by atoms with Gasteiger partial charge in [-0.1, -0.05) is 12.2 Å². The molecule has 0 aliphatic heterocycles. The maximum absolute atomic E-state index is 11.4. The van der Waals surface area contributed by atoms with Crippen LogP contribution >= 0.6 is 0 Å². The molecule has 0 heterocycles. The average molecular weight is 294 g/mol. The third-order valence-electron chi connectivity index (χ3n) is 6.53. The van der Waals surface area contributed by atoms with E-state index in [0.717, 1.165) is 6.42 Å². The van der Waals surface area contributed by atoms with Crippen molar-refractivity contribution >= 4 is 0 Å². The van der Waals surface area contributed by atoms with Gasteiger partial charge in [0.15, 0.2) is 0 Å². The summed E-state index contributed by atoms with van der Waals surface area (Å²) in [5, 5.41) is 43.6. The van der Waals surface area contributed by atoms with Crippen LogP contribution in [-0.4, -0.2) is 43.3 Å². The average Bonchev–Trinajstić information content (AvgIpc) is 2.60. The first-order valence-corrected chi connectivity index (χ1v) is 7.87. The van der Waals surface area contributed by atoms with E-state index in [4.69, 9.17) is 0 Å². The highest BCUT2D eigenvalue weighted by atomic mass is 16.4. The summed E-state index contributed by atoms with van der Waals surface area (Å²) >= 11 is 0. The van der Waals surface area contributed by atoms with Crippen molar-refractivity contribution in [2.24, 2.45) is 11.3 Å². The molecule has 118 valence electrons. The molecule has 3 saturated carbocycles. The second-order valence-corrected chi connectivity index (χ2v) is 7.42. The van der Waals surface area contributed by atoms with Crippen molar-refractivity contribution in [1.82, 2.24) is 0 Å². The largest absolute Gasteiger partial charge is 0.393 e. The maximum atomic E-state index is 11.4. The van der Waals surface area contributed by atoms with Gasteiger partial charge >= 0.3 is 0 Å². The Hall–Kier alpha value is -0.680. The van der Waals surface area contributed by atoms with Crippen LogP contribution < -0.4 is 0 Å². The van der Waals surface area contributed by atoms with E-state index in [0.29, 0.717) is 19.3 Å². The van der Waals surface area contributed by atoms with E-state index >= 15 is 0 Å². The molecule has 0 bridgehead atoms. The van der Waals surface area contributed by atoms with E-state index in [1.54, 1.807) is 6.08 Å². The Labute approximate surface area is 125 Å². The topological polar surface area (TPSA) is 80.9 Å². The maximum Gasteiger partial charge on any atom is 0.123 e. The highest BCUT2D eigenvalue weighted by Crippen LogP contribution is 2.67. The molecule has 0 amide bonds. The normalized spacial score (nSPS) is 56.4. The third kappa shape index (κ3) is 1.65. The summed E-state index contributed by atoms with van der Waals surface area (Å²) in [4.78, 5) is 0. The minimum atomic E-state index is -1.57. The van der Waals surface area contributed by atoms with Gasteiger partial charge in [0.1, 0.15) is 11.2 Å². The second-order valence-electron chi connectivity index (χ2n) is 7.42. The molecular formula is C17H26O4. The number of hydrogen-bond acceptors (Lipinski definition) is 4. The molecule has 21 heavy (non-hydrogen) atoms. The molecule has 0 aromatic rings. The van der Waals surface area contributed by atoms with Crippen LogP contribution in [0.15, 0.2) is 25.3 Å². The fourth-order valence-electron chi connectivity index (χ4n) is 5.35. The number of fused-ring (bicyclic) bond motifs is 3. The number of allylic oxidation sites excluding steroid dienone is 1. The van der Waals surface area contributed by atoms with E-state index in [2.05, 4.69) is 13.2 Å². The van der Waals surface area contributed by atoms with Crippen LogP contribution in [0, 0.1) is 11.3 Å². The van der Waals surface area contributed by atoms with E-state index < -0.39 is 28.3 Å². The quantitative estimate of drug-likeness (QED) is 0.579. The van der Waals surface area contributed by atoms with Crippen molar-refractivity contribution in [2.45, 2.75) is 67.9 Å². The van der Waals surface area contributed by atoms with Crippen LogP contribution in [0.25, 0.3) is 0 Å². The van der Waals surface area contributed by atoms with E-state index in [1.807, 2.05) is 6.08 Å². The van der Waals surface area contributed by atoms with Crippen LogP contribution in [0.4, 0.5) is 0 Å². The summed E-state index contributed by atoms with van der Waals surface area (Å²) < 4.78 is 0. The monoisotopic (exact) mass is 294 g/mol. The SMILES string of the molecule is C=C[C@H]1CC[C@@]2(O)[C@@](C=C)(C1)C[C@]1(O)C[C@H](O)CC[C@]12O. The molecule has 3 aliphatic rings. The Morgan fingerprint density at radius 3 is 2.24 bits per heavy atom. The molecule has 0 aromatic heterocycles. The zero-order chi connectivity index (χ0) is 15.5. The third-order valence-corrected chi connectivity index (χ3v) is 6.53. The number of hydrogen-bond donors (Lipinski definition) is 4. The number of aliphatic hydroxyl groups is 4. The first kappa shape index (κ1) is 15.2. The molecule has 3 fully saturated rings. The molecule has 6 atom stereocenters. The van der Waals surface area contributed by atoms with E-state index in [9.17, 15) is 20.4 Å². The fourth-order valence-corrected chi connectivity index (χ4v) is 5.35. The predicted octanol–water partition coefficient (Wildman–Crippen LogP) is 1.29. The Bertz CT molecular complexity index is 477. The van der Waals surface area contributed by atoms with Crippen LogP contribution in [0.5, 0.6) is 0 Å². The predicted molar refractivity (Wildman–Crippen MR) is 79.5 cm³/mol. The minimum absolute atomic E-state index is 0.111. The van der Waals surface area contributed by atoms with Crippen LogP contribution in [-0.2, 0) is 0 Å². The molecule has 4 heteroatoms. The summed E-state index contributed by atoms with van der Waals surface area (Å²) in [6.07, 6.45) is 5.75. The fraction of sp³-hybridized carbons (Fsp3) is 0.765. The van der Waals surface area contributed by atoms with Gasteiger partial charge in [0.05, 0.1) is 11.7 Å². The van der Waals surface area contributed by atoms with Gasteiger partial charge in [0.2, 0.25) is 0 Å². The lowest BCUT2D eigenvalue weighted by molar-refractivity contribution is -0.254. The Balaban J connectivity index is 2.10. The molecule has 0 radical (unpaired) electrons. The van der Waals surface area contributed by atoms with Crippen LogP contribution in [0.1, 0.15) is 44.9 Å². The van der Waals surface area contributed by atoms with Gasteiger partial charge in [0, 0.05) is 11.8 Å². The van der Waals surface area contributed by atoms with Gasteiger partial charge in [0.25, 0.3) is 0 Å². The highest BCUT2D eigenvalue weighted by molar-refractivity contribution is 5.32. The first-order chi connectivity index (χ1) is 9.76. The van der Waals surface area contributed by atoms with Gasteiger partial charge in [-0.2, -0.15) is 0 Å². The van der Waals surface area contributed by atoms with Gasteiger partial charge in [-0.15, -0.1) is 13.2 Å². The van der Waals surface area contributed by atoms with Crippen LogP contribution in [0.2, 0.25) is 0 Å². The van der Waals surface area contributed by atoms with E-state index in [1.165, 1.54) is 0 Å². The molecule has 3 rings (SSSR count). The lowest BCUT2D eigenvalue weighted by Gasteiger charge is -2.54. The van der Waals surface area contributed by atoms with Crippen molar-refractivity contribution in [3.8, 4) is 0 Å². The molecule has 0 unspecified atom stereocenters. The van der Waals surface area contributed by atoms with Gasteiger partial charge in [-0.25, -0.2) is 0 Å². The number of rotatable bonds is 2. The molecule has 0 spiro atoms. The summed E-state index contributed by atoms with van der Waals surface area (Å²) in [6, 6.07) is 0. The Morgan fingerprint density at radius 1 is 0.952 bits per heavy atom. The standard InChI is InChI=1S/C17H26O4/c1-3-12-5-7-16(20)14(4-2,9-12)11-15(19)10-13(18)6-8-17(15,16)21/h3-4,12-13,18-21H,1-2,5-11H2/t12-,13+,14-,15+,16+,17-/m0/s1. The summed E-state index contributed by atoms with van der Waals surface area (Å²) in [7, 11) is 0. The summed E-state index contributed by atoms with van der Waals surface area (Å²) in [5.41, 5.74) is -5.13. The van der Waals surface area contributed by atoms with Crippen molar-refractivity contribution in [3.05, 3.63) is 25.3 Å². The summed E-state index contributed by atoms with van der Waals surface area (Å²) in [6.45, 7) is 7.74. The highest BCUT2D eigenvalue weighted by Gasteiger charge is 2.77. The van der Waals surface area contributed by atoms with E-state index in [-0.39, 0.29) is 25.2 Å². The number of aliphatic hydroxyl groups excluding tert-OH is 1. The molecule has 0 saturated heterocycles. The molecule has 4 nitrogen and oxygen atoms in total. The van der Waals surface area contributed by atoms with Gasteiger partial charge in [-0.3, -0.25) is 0 Å². The smallest absolute Gasteiger partial charge is 0.123 e. The molecule has 3 aliphatic carbocycles. The van der Waals surface area contributed by atoms with Crippen molar-refractivity contribution in [1.29, 1.82) is 0 Å². The zero-order valence-electron chi connectivity index (χ0n) is 12.5. The van der Waals surface area contributed by atoms with Gasteiger partial charge in [-0.05, 0) is 44.4 Å². The zero-order valence-corrected chi connectivity index (χ0v) is 12.5. The molecular weight excluding hydrogens is 268 g/mol. The second kappa shape index (κ2) is 4.42. The van der Waals surface area contributed by atoms with Crippen LogP contribution in [0.3, 0.4) is 0 Å².